The Bertz CT molecular complexity index is 432. The van der Waals surface area contributed by atoms with Crippen LogP contribution in [0.5, 0.6) is 0 Å². The van der Waals surface area contributed by atoms with E-state index in [-0.39, 0.29) is 0 Å². The van der Waals surface area contributed by atoms with Crippen molar-refractivity contribution in [2.45, 2.75) is 13.5 Å². The first-order valence-corrected chi connectivity index (χ1v) is 4.60. The van der Waals surface area contributed by atoms with Crippen molar-refractivity contribution < 1.29 is 0 Å². The monoisotopic (exact) mass is 187 g/mol. The Balaban J connectivity index is 2.54. The molecule has 0 aliphatic carbocycles. The number of nitrogens with zero attached hydrogens (tertiary/aromatic N) is 2. The molecular weight excluding hydrogens is 174 g/mol. The predicted octanol–water partition coefficient (Wildman–Crippen LogP) is 1.64. The minimum atomic E-state index is 0.508. The summed E-state index contributed by atoms with van der Waals surface area (Å²) in [4.78, 5) is 4.09. The maximum Gasteiger partial charge on any atom is 0.0994 e. The molecule has 0 spiro atoms. The average Bonchev–Trinajstić information content (AvgIpc) is 2.66. The molecule has 3 nitrogen and oxygen atoms in total. The minimum Gasteiger partial charge on any atom is -0.325 e. The first kappa shape index (κ1) is 8.97. The van der Waals surface area contributed by atoms with E-state index in [1.165, 1.54) is 5.56 Å². The van der Waals surface area contributed by atoms with Crippen LogP contribution in [-0.2, 0) is 6.54 Å². The SMILES string of the molecule is Cc1ccccc1-n1cncc1CN. The zero-order chi connectivity index (χ0) is 9.97. The van der Waals surface area contributed by atoms with Crippen molar-refractivity contribution in [3.63, 3.8) is 0 Å². The minimum absolute atomic E-state index is 0.508. The molecule has 0 amide bonds. The van der Waals surface area contributed by atoms with Gasteiger partial charge in [-0.3, -0.25) is 0 Å². The molecule has 1 aromatic heterocycles. The van der Waals surface area contributed by atoms with Crippen molar-refractivity contribution >= 4 is 0 Å². The van der Waals surface area contributed by atoms with Crippen LogP contribution < -0.4 is 5.73 Å². The van der Waals surface area contributed by atoms with E-state index >= 15 is 0 Å². The van der Waals surface area contributed by atoms with Crippen molar-refractivity contribution in [2.75, 3.05) is 0 Å². The van der Waals surface area contributed by atoms with E-state index in [0.29, 0.717) is 6.54 Å². The molecule has 0 aliphatic rings. The maximum absolute atomic E-state index is 5.62. The summed E-state index contributed by atoms with van der Waals surface area (Å²) in [5.74, 6) is 0. The number of hydrogen-bond donors (Lipinski definition) is 1. The summed E-state index contributed by atoms with van der Waals surface area (Å²) >= 11 is 0. The molecule has 1 heterocycles. The van der Waals surface area contributed by atoms with Gasteiger partial charge in [-0.1, -0.05) is 18.2 Å². The molecule has 0 saturated carbocycles. The number of benzene rings is 1. The third kappa shape index (κ3) is 1.42. The van der Waals surface area contributed by atoms with E-state index in [9.17, 15) is 0 Å². The molecule has 14 heavy (non-hydrogen) atoms. The fraction of sp³-hybridized carbons (Fsp3) is 0.182. The van der Waals surface area contributed by atoms with Gasteiger partial charge in [-0.2, -0.15) is 0 Å². The maximum atomic E-state index is 5.62. The molecular formula is C11H13N3. The zero-order valence-electron chi connectivity index (χ0n) is 8.14. The second-order valence-electron chi connectivity index (χ2n) is 3.25. The van der Waals surface area contributed by atoms with Crippen molar-refractivity contribution in [2.24, 2.45) is 5.73 Å². The summed E-state index contributed by atoms with van der Waals surface area (Å²) in [6, 6.07) is 8.19. The Hall–Kier alpha value is -1.61. The standard InChI is InChI=1S/C11H13N3/c1-9-4-2-3-5-11(9)14-8-13-7-10(14)6-12/h2-5,7-8H,6,12H2,1H3. The van der Waals surface area contributed by atoms with Crippen molar-refractivity contribution in [3.8, 4) is 5.69 Å². The Morgan fingerprint density at radius 2 is 2.14 bits per heavy atom. The Kier molecular flexibility index (Phi) is 2.33. The largest absolute Gasteiger partial charge is 0.325 e. The van der Waals surface area contributed by atoms with Crippen LogP contribution in [0.1, 0.15) is 11.3 Å². The van der Waals surface area contributed by atoms with Gasteiger partial charge in [0, 0.05) is 18.4 Å². The summed E-state index contributed by atoms with van der Waals surface area (Å²) < 4.78 is 2.02. The zero-order valence-corrected chi connectivity index (χ0v) is 8.14. The number of aromatic nitrogens is 2. The van der Waals surface area contributed by atoms with Crippen molar-refractivity contribution in [1.29, 1.82) is 0 Å². The van der Waals surface area contributed by atoms with Gasteiger partial charge in [0.2, 0.25) is 0 Å². The van der Waals surface area contributed by atoms with E-state index in [0.717, 1.165) is 11.4 Å². The van der Waals surface area contributed by atoms with Crippen LogP contribution in [0.4, 0.5) is 0 Å². The quantitative estimate of drug-likeness (QED) is 0.776. The second-order valence-corrected chi connectivity index (χ2v) is 3.25. The topological polar surface area (TPSA) is 43.8 Å². The van der Waals surface area contributed by atoms with Crippen LogP contribution in [-0.4, -0.2) is 9.55 Å². The molecule has 0 radical (unpaired) electrons. The number of para-hydroxylation sites is 1. The first-order chi connectivity index (χ1) is 6.83. The first-order valence-electron chi connectivity index (χ1n) is 4.60. The predicted molar refractivity (Wildman–Crippen MR) is 56.2 cm³/mol. The van der Waals surface area contributed by atoms with E-state index in [4.69, 9.17) is 5.73 Å². The van der Waals surface area contributed by atoms with E-state index in [2.05, 4.69) is 24.0 Å². The van der Waals surface area contributed by atoms with Gasteiger partial charge in [0.15, 0.2) is 0 Å². The van der Waals surface area contributed by atoms with Crippen LogP contribution in [0, 0.1) is 6.92 Å². The number of imidazole rings is 1. The van der Waals surface area contributed by atoms with Gasteiger partial charge in [-0.15, -0.1) is 0 Å². The number of rotatable bonds is 2. The molecule has 1 aromatic carbocycles. The van der Waals surface area contributed by atoms with E-state index in [1.807, 2.05) is 16.7 Å². The molecule has 3 heteroatoms. The normalized spacial score (nSPS) is 10.4. The smallest absolute Gasteiger partial charge is 0.0994 e. The molecule has 72 valence electrons. The van der Waals surface area contributed by atoms with Gasteiger partial charge >= 0.3 is 0 Å². The van der Waals surface area contributed by atoms with E-state index in [1.54, 1.807) is 12.5 Å². The molecule has 0 bridgehead atoms. The molecule has 2 aromatic rings. The summed E-state index contributed by atoms with van der Waals surface area (Å²) in [6.45, 7) is 2.59. The molecule has 0 unspecified atom stereocenters. The van der Waals surface area contributed by atoms with Crippen LogP contribution in [0.3, 0.4) is 0 Å². The lowest BCUT2D eigenvalue weighted by Gasteiger charge is -2.09. The molecule has 0 fully saturated rings. The van der Waals surface area contributed by atoms with Crippen LogP contribution in [0.25, 0.3) is 5.69 Å². The summed E-state index contributed by atoms with van der Waals surface area (Å²) in [5, 5.41) is 0. The number of hydrogen-bond acceptors (Lipinski definition) is 2. The highest BCUT2D eigenvalue weighted by molar-refractivity contribution is 5.41. The van der Waals surface area contributed by atoms with Crippen LogP contribution >= 0.6 is 0 Å². The molecule has 2 N–H and O–H groups in total. The third-order valence-corrected chi connectivity index (χ3v) is 2.30. The third-order valence-electron chi connectivity index (χ3n) is 2.30. The summed E-state index contributed by atoms with van der Waals surface area (Å²) in [7, 11) is 0. The summed E-state index contributed by atoms with van der Waals surface area (Å²) in [6.07, 6.45) is 3.59. The Morgan fingerprint density at radius 3 is 2.86 bits per heavy atom. The van der Waals surface area contributed by atoms with Gasteiger partial charge in [-0.05, 0) is 18.6 Å². The van der Waals surface area contributed by atoms with Gasteiger partial charge in [0.05, 0.1) is 12.0 Å². The Morgan fingerprint density at radius 1 is 1.36 bits per heavy atom. The Labute approximate surface area is 83.2 Å². The highest BCUT2D eigenvalue weighted by atomic mass is 15.1. The highest BCUT2D eigenvalue weighted by Crippen LogP contribution is 2.14. The van der Waals surface area contributed by atoms with Crippen molar-refractivity contribution in [3.05, 3.63) is 48.0 Å². The van der Waals surface area contributed by atoms with Crippen LogP contribution in [0.15, 0.2) is 36.8 Å². The van der Waals surface area contributed by atoms with Crippen molar-refractivity contribution in [1.82, 2.24) is 9.55 Å². The van der Waals surface area contributed by atoms with Crippen LogP contribution in [0.2, 0.25) is 0 Å². The highest BCUT2D eigenvalue weighted by Gasteiger charge is 2.03. The van der Waals surface area contributed by atoms with Gasteiger partial charge < -0.3 is 10.3 Å². The lowest BCUT2D eigenvalue weighted by Crippen LogP contribution is -2.05. The second kappa shape index (κ2) is 3.64. The van der Waals surface area contributed by atoms with Gasteiger partial charge in [0.25, 0.3) is 0 Å². The lowest BCUT2D eigenvalue weighted by atomic mass is 10.2. The lowest BCUT2D eigenvalue weighted by molar-refractivity contribution is 0.904. The molecule has 2 rings (SSSR count). The number of nitrogens with two attached hydrogens (primary N) is 1. The fourth-order valence-corrected chi connectivity index (χ4v) is 1.52. The number of aryl methyl sites for hydroxylation is 1. The molecule has 0 aliphatic heterocycles. The molecule has 0 saturated heterocycles. The fourth-order valence-electron chi connectivity index (χ4n) is 1.52. The molecule has 0 atom stereocenters. The van der Waals surface area contributed by atoms with Gasteiger partial charge in [-0.25, -0.2) is 4.98 Å². The van der Waals surface area contributed by atoms with Gasteiger partial charge in [0.1, 0.15) is 0 Å². The average molecular weight is 187 g/mol. The summed E-state index contributed by atoms with van der Waals surface area (Å²) in [5.41, 5.74) is 9.02. The van der Waals surface area contributed by atoms with E-state index < -0.39 is 0 Å².